The molecule has 0 saturated heterocycles. The molecule has 6 nitrogen and oxygen atoms in total. The lowest BCUT2D eigenvalue weighted by Gasteiger charge is -2.06. The highest BCUT2D eigenvalue weighted by molar-refractivity contribution is 7.92. The van der Waals surface area contributed by atoms with Gasteiger partial charge in [-0.05, 0) is 30.7 Å². The third-order valence-corrected chi connectivity index (χ3v) is 4.57. The van der Waals surface area contributed by atoms with Crippen LogP contribution in [0.15, 0.2) is 47.9 Å². The van der Waals surface area contributed by atoms with Gasteiger partial charge in [0.1, 0.15) is 18.2 Å². The molecule has 0 saturated carbocycles. The molecule has 2 aromatic rings. The van der Waals surface area contributed by atoms with Gasteiger partial charge in [0, 0.05) is 11.5 Å². The predicted molar refractivity (Wildman–Crippen MR) is 98.8 cm³/mol. The molecule has 0 bridgehead atoms. The Morgan fingerprint density at radius 1 is 1.11 bits per heavy atom. The minimum atomic E-state index is -3.91. The molecule has 0 heterocycles. The van der Waals surface area contributed by atoms with Crippen molar-refractivity contribution >= 4 is 27.9 Å². The van der Waals surface area contributed by atoms with Gasteiger partial charge in [-0.2, -0.15) is 0 Å². The van der Waals surface area contributed by atoms with Crippen LogP contribution in [-0.2, 0) is 19.6 Å². The van der Waals surface area contributed by atoms with Gasteiger partial charge >= 0.3 is 5.97 Å². The minimum absolute atomic E-state index is 0.434. The van der Waals surface area contributed by atoms with Crippen LogP contribution in [0.5, 0.6) is 0 Å². The molecule has 0 aliphatic heterocycles. The smallest absolute Gasteiger partial charge is 0.321 e. The first-order chi connectivity index (χ1) is 13.2. The summed E-state index contributed by atoms with van der Waals surface area (Å²) < 4.78 is 56.6. The maximum Gasteiger partial charge on any atom is 0.321 e. The van der Waals surface area contributed by atoms with Crippen LogP contribution < -0.4 is 4.72 Å². The van der Waals surface area contributed by atoms with E-state index in [1.807, 2.05) is 23.8 Å². The van der Waals surface area contributed by atoms with Crippen molar-refractivity contribution in [1.82, 2.24) is 4.72 Å². The van der Waals surface area contributed by atoms with E-state index in [0.717, 1.165) is 23.1 Å². The fourth-order valence-electron chi connectivity index (χ4n) is 2.04. The lowest BCUT2D eigenvalue weighted by Crippen LogP contribution is -2.30. The van der Waals surface area contributed by atoms with E-state index in [1.165, 1.54) is 6.08 Å². The molecule has 0 atom stereocenters. The van der Waals surface area contributed by atoms with Crippen molar-refractivity contribution in [2.45, 2.75) is 6.92 Å². The van der Waals surface area contributed by atoms with Crippen LogP contribution in [0.4, 0.5) is 8.78 Å². The summed E-state index contributed by atoms with van der Waals surface area (Å²) in [4.78, 5) is 23.4. The predicted octanol–water partition coefficient (Wildman–Crippen LogP) is 2.59. The molecule has 0 aromatic heterocycles. The highest BCUT2D eigenvalue weighted by atomic mass is 32.2. The number of halogens is 2. The van der Waals surface area contributed by atoms with E-state index in [9.17, 15) is 26.8 Å². The average molecular weight is 409 g/mol. The number of ether oxygens (including phenoxy) is 1. The van der Waals surface area contributed by atoms with Crippen LogP contribution in [0.3, 0.4) is 0 Å². The quantitative estimate of drug-likeness (QED) is 0.535. The van der Waals surface area contributed by atoms with Crippen molar-refractivity contribution in [2.24, 2.45) is 0 Å². The molecule has 1 N–H and O–H groups in total. The van der Waals surface area contributed by atoms with Gasteiger partial charge < -0.3 is 4.74 Å². The van der Waals surface area contributed by atoms with Crippen molar-refractivity contribution in [2.75, 3.05) is 13.2 Å². The highest BCUT2D eigenvalue weighted by Gasteiger charge is 2.16. The first kappa shape index (κ1) is 21.4. The van der Waals surface area contributed by atoms with Gasteiger partial charge in [-0.25, -0.2) is 21.9 Å². The van der Waals surface area contributed by atoms with E-state index >= 15 is 0 Å². The van der Waals surface area contributed by atoms with Gasteiger partial charge in [0.25, 0.3) is 0 Å². The first-order valence-electron chi connectivity index (χ1n) is 8.04. The van der Waals surface area contributed by atoms with Gasteiger partial charge in [-0.15, -0.1) is 0 Å². The second kappa shape index (κ2) is 9.34. The number of aryl methyl sites for hydroxylation is 1. The Morgan fingerprint density at radius 2 is 1.79 bits per heavy atom. The van der Waals surface area contributed by atoms with Gasteiger partial charge in [-0.3, -0.25) is 9.59 Å². The number of rotatable bonds is 8. The van der Waals surface area contributed by atoms with E-state index in [1.54, 1.807) is 12.1 Å². The number of ketones is 1. The molecule has 0 radical (unpaired) electrons. The summed E-state index contributed by atoms with van der Waals surface area (Å²) in [6, 6.07) is 9.46. The zero-order valence-electron chi connectivity index (χ0n) is 14.8. The van der Waals surface area contributed by atoms with Crippen molar-refractivity contribution in [3.05, 3.63) is 76.2 Å². The van der Waals surface area contributed by atoms with E-state index in [2.05, 4.69) is 4.74 Å². The Morgan fingerprint density at radius 3 is 2.43 bits per heavy atom. The third-order valence-electron chi connectivity index (χ3n) is 3.53. The normalized spacial score (nSPS) is 11.5. The number of benzene rings is 2. The van der Waals surface area contributed by atoms with Crippen molar-refractivity contribution < 1.29 is 31.5 Å². The summed E-state index contributed by atoms with van der Waals surface area (Å²) in [5.41, 5.74) is 1.25. The summed E-state index contributed by atoms with van der Waals surface area (Å²) in [7, 11) is -3.91. The molecule has 0 spiro atoms. The lowest BCUT2D eigenvalue weighted by atomic mass is 10.1. The topological polar surface area (TPSA) is 89.5 Å². The Hall–Kier alpha value is -2.91. The van der Waals surface area contributed by atoms with Crippen molar-refractivity contribution in [3.8, 4) is 0 Å². The number of sulfonamides is 1. The molecule has 28 heavy (non-hydrogen) atoms. The Kier molecular flexibility index (Phi) is 7.13. The average Bonchev–Trinajstić information content (AvgIpc) is 2.64. The molecule has 2 aromatic carbocycles. The summed E-state index contributed by atoms with van der Waals surface area (Å²) in [5, 5.41) is 0.893. The molecule has 148 valence electrons. The number of esters is 1. The number of carbonyl (C=O) groups excluding carboxylic acids is 2. The standard InChI is InChI=1S/C19H17F2NO5S/c1-13-2-4-14(5-3-13)8-9-28(25,26)22-11-19(24)27-12-18(23)16-7-6-15(20)10-17(16)21/h2-10,22H,11-12H2,1H3/b9-8+. The molecule has 0 aliphatic carbocycles. The molecule has 0 amide bonds. The second-order valence-electron chi connectivity index (χ2n) is 5.79. The Balaban J connectivity index is 1.84. The van der Waals surface area contributed by atoms with E-state index in [4.69, 9.17) is 0 Å². The van der Waals surface area contributed by atoms with Crippen molar-refractivity contribution in [3.63, 3.8) is 0 Å². The molecule has 9 heteroatoms. The molecular formula is C19H17F2NO5S. The van der Waals surface area contributed by atoms with Crippen LogP contribution in [-0.4, -0.2) is 33.3 Å². The SMILES string of the molecule is Cc1ccc(/C=C/S(=O)(=O)NCC(=O)OCC(=O)c2ccc(F)cc2F)cc1. The molecule has 0 unspecified atom stereocenters. The summed E-state index contributed by atoms with van der Waals surface area (Å²) >= 11 is 0. The minimum Gasteiger partial charge on any atom is -0.456 e. The number of nitrogens with one attached hydrogen (secondary N) is 1. The number of hydrogen-bond donors (Lipinski definition) is 1. The number of carbonyl (C=O) groups is 2. The number of Topliss-reactive ketones (excluding diaryl/α,β-unsaturated/α-hetero) is 1. The summed E-state index contributed by atoms with van der Waals surface area (Å²) in [6.07, 6.45) is 1.36. The fourth-order valence-corrected chi connectivity index (χ4v) is 2.80. The lowest BCUT2D eigenvalue weighted by molar-refractivity contribution is -0.141. The van der Waals surface area contributed by atoms with Crippen LogP contribution in [0.1, 0.15) is 21.5 Å². The maximum atomic E-state index is 13.5. The zero-order chi connectivity index (χ0) is 20.7. The largest absolute Gasteiger partial charge is 0.456 e. The van der Waals surface area contributed by atoms with Crippen LogP contribution in [0.25, 0.3) is 6.08 Å². The molecule has 2 rings (SSSR count). The van der Waals surface area contributed by atoms with E-state index < -0.39 is 52.1 Å². The molecular weight excluding hydrogens is 392 g/mol. The Labute approximate surface area is 160 Å². The summed E-state index contributed by atoms with van der Waals surface area (Å²) in [6.45, 7) is 0.384. The molecule has 0 fully saturated rings. The van der Waals surface area contributed by atoms with Crippen LogP contribution in [0.2, 0.25) is 0 Å². The van der Waals surface area contributed by atoms with Crippen LogP contribution in [0, 0.1) is 18.6 Å². The number of hydrogen-bond acceptors (Lipinski definition) is 5. The highest BCUT2D eigenvalue weighted by Crippen LogP contribution is 2.10. The van der Waals surface area contributed by atoms with Gasteiger partial charge in [0.2, 0.25) is 15.8 Å². The van der Waals surface area contributed by atoms with E-state index in [-0.39, 0.29) is 0 Å². The van der Waals surface area contributed by atoms with Crippen LogP contribution >= 0.6 is 0 Å². The maximum absolute atomic E-state index is 13.5. The van der Waals surface area contributed by atoms with Gasteiger partial charge in [-0.1, -0.05) is 29.8 Å². The monoisotopic (exact) mass is 409 g/mol. The first-order valence-corrected chi connectivity index (χ1v) is 9.59. The summed E-state index contributed by atoms with van der Waals surface area (Å²) in [5.74, 6) is -3.83. The molecule has 0 aliphatic rings. The van der Waals surface area contributed by atoms with E-state index in [0.29, 0.717) is 11.6 Å². The fraction of sp³-hybridized carbons (Fsp3) is 0.158. The second-order valence-corrected chi connectivity index (χ2v) is 7.44. The van der Waals surface area contributed by atoms with Crippen molar-refractivity contribution in [1.29, 1.82) is 0 Å². The van der Waals surface area contributed by atoms with Gasteiger partial charge in [0.05, 0.1) is 5.56 Å². The van der Waals surface area contributed by atoms with Gasteiger partial charge in [0.15, 0.2) is 6.61 Å². The zero-order valence-corrected chi connectivity index (χ0v) is 15.6. The third kappa shape index (κ3) is 6.67. The Bertz CT molecular complexity index is 1000.